The summed E-state index contributed by atoms with van der Waals surface area (Å²) >= 11 is 0. The lowest BCUT2D eigenvalue weighted by atomic mass is 9.76. The average molecular weight is 530 g/mol. The third kappa shape index (κ3) is 6.20. The van der Waals surface area contributed by atoms with Gasteiger partial charge in [0.15, 0.2) is 6.29 Å². The van der Waals surface area contributed by atoms with E-state index in [1.165, 1.54) is 17.5 Å². The summed E-state index contributed by atoms with van der Waals surface area (Å²) in [6, 6.07) is 9.10. The molecule has 0 radical (unpaired) electrons. The average Bonchev–Trinajstić information content (AvgIpc) is 3.44. The molecule has 1 aromatic rings. The lowest BCUT2D eigenvalue weighted by Crippen LogP contribution is -2.52. The van der Waals surface area contributed by atoms with E-state index in [9.17, 15) is 4.79 Å². The Labute approximate surface area is 227 Å². The van der Waals surface area contributed by atoms with E-state index >= 15 is 0 Å². The number of methoxy groups -OCH3 is 1. The molecule has 4 aliphatic rings. The van der Waals surface area contributed by atoms with Crippen LogP contribution in [0.15, 0.2) is 24.3 Å². The molecule has 1 aliphatic carbocycles. The highest BCUT2D eigenvalue weighted by Crippen LogP contribution is 2.49. The summed E-state index contributed by atoms with van der Waals surface area (Å²) in [5.41, 5.74) is 2.61. The summed E-state index contributed by atoms with van der Waals surface area (Å²) in [4.78, 5) is 12.8. The zero-order chi connectivity index (χ0) is 26.7. The van der Waals surface area contributed by atoms with E-state index in [1.807, 2.05) is 0 Å². The molecule has 3 saturated heterocycles. The molecule has 38 heavy (non-hydrogen) atoms. The predicted molar refractivity (Wildman–Crippen MR) is 146 cm³/mol. The van der Waals surface area contributed by atoms with Gasteiger partial charge in [0, 0.05) is 56.6 Å². The summed E-state index contributed by atoms with van der Waals surface area (Å²) in [7, 11) is 1.80. The molecule has 0 aromatic heterocycles. The number of carbonyl (C=O) groups is 1. The fourth-order valence-corrected chi connectivity index (χ4v) is 7.17. The lowest BCUT2D eigenvalue weighted by molar-refractivity contribution is -0.169. The minimum Gasteiger partial charge on any atom is -0.445 e. The van der Waals surface area contributed by atoms with Crippen LogP contribution in [0.3, 0.4) is 0 Å². The van der Waals surface area contributed by atoms with Crippen LogP contribution < -0.4 is 16.0 Å². The Balaban J connectivity index is 1.15. The number of rotatable bonds is 11. The monoisotopic (exact) mass is 529 g/mol. The minimum atomic E-state index is -0.328. The van der Waals surface area contributed by atoms with Gasteiger partial charge < -0.3 is 34.9 Å². The first-order valence-electron chi connectivity index (χ1n) is 14.5. The van der Waals surface area contributed by atoms with Gasteiger partial charge in [-0.3, -0.25) is 0 Å². The highest BCUT2D eigenvalue weighted by atomic mass is 16.7. The Hall–Kier alpha value is -1.71. The van der Waals surface area contributed by atoms with E-state index in [4.69, 9.17) is 18.9 Å². The van der Waals surface area contributed by atoms with Gasteiger partial charge in [-0.25, -0.2) is 4.79 Å². The van der Waals surface area contributed by atoms with Crippen molar-refractivity contribution in [3.05, 3.63) is 35.4 Å². The maximum atomic E-state index is 12.8. The number of carbonyl (C=O) groups excluding carboxylic acids is 1. The molecule has 8 unspecified atom stereocenters. The third-order valence-electron chi connectivity index (χ3n) is 9.46. The Morgan fingerprint density at radius 2 is 2.00 bits per heavy atom. The van der Waals surface area contributed by atoms with Gasteiger partial charge >= 0.3 is 6.09 Å². The second kappa shape index (κ2) is 12.2. The molecule has 2 bridgehead atoms. The Morgan fingerprint density at radius 1 is 1.18 bits per heavy atom. The molecule has 1 aromatic carbocycles. The number of amides is 1. The molecule has 8 heteroatoms. The SMILES string of the molecule is COCC1CCNC(C(C)(C)CNC(CCNC(=O)OC2C3COC4OCC2C4C3)c2ccccc2C)C1. The van der Waals surface area contributed by atoms with Crippen LogP contribution in [0, 0.1) is 36.0 Å². The van der Waals surface area contributed by atoms with Crippen molar-refractivity contribution in [3.8, 4) is 0 Å². The lowest BCUT2D eigenvalue weighted by Gasteiger charge is -2.41. The Morgan fingerprint density at radius 3 is 2.82 bits per heavy atom. The molecule has 1 saturated carbocycles. The van der Waals surface area contributed by atoms with E-state index in [0.717, 1.165) is 39.0 Å². The van der Waals surface area contributed by atoms with E-state index in [0.29, 0.717) is 37.6 Å². The maximum absolute atomic E-state index is 12.8. The van der Waals surface area contributed by atoms with Crippen molar-refractivity contribution in [3.63, 3.8) is 0 Å². The summed E-state index contributed by atoms with van der Waals surface area (Å²) in [6.45, 7) is 11.4. The molecule has 3 aliphatic heterocycles. The zero-order valence-electron chi connectivity index (χ0n) is 23.5. The van der Waals surface area contributed by atoms with Gasteiger partial charge in [-0.15, -0.1) is 0 Å². The van der Waals surface area contributed by atoms with E-state index in [1.54, 1.807) is 7.11 Å². The quantitative estimate of drug-likeness (QED) is 0.402. The van der Waals surface area contributed by atoms with Crippen LogP contribution in [-0.2, 0) is 18.9 Å². The van der Waals surface area contributed by atoms with Gasteiger partial charge in [0.05, 0.1) is 13.2 Å². The molecule has 1 amide bonds. The molecule has 4 fully saturated rings. The first-order chi connectivity index (χ1) is 18.4. The number of hydrogen-bond donors (Lipinski definition) is 3. The minimum absolute atomic E-state index is 0.0727. The number of fused-ring (bicyclic) bond motifs is 1. The van der Waals surface area contributed by atoms with Crippen molar-refractivity contribution in [1.82, 2.24) is 16.0 Å². The molecular formula is C30H47N3O5. The highest BCUT2D eigenvalue weighted by molar-refractivity contribution is 5.67. The van der Waals surface area contributed by atoms with Gasteiger partial charge in [0.25, 0.3) is 0 Å². The number of benzene rings is 1. The van der Waals surface area contributed by atoms with Crippen LogP contribution in [-0.4, -0.2) is 71.1 Å². The van der Waals surface area contributed by atoms with Crippen molar-refractivity contribution in [2.75, 3.05) is 46.6 Å². The molecule has 5 rings (SSSR count). The Kier molecular flexibility index (Phi) is 8.95. The molecule has 3 heterocycles. The first-order valence-corrected chi connectivity index (χ1v) is 14.5. The van der Waals surface area contributed by atoms with Gasteiger partial charge in [-0.1, -0.05) is 38.1 Å². The van der Waals surface area contributed by atoms with Crippen LogP contribution >= 0.6 is 0 Å². The fourth-order valence-electron chi connectivity index (χ4n) is 7.17. The largest absolute Gasteiger partial charge is 0.445 e. The number of nitrogens with one attached hydrogen (secondary N) is 3. The van der Waals surface area contributed by atoms with Crippen molar-refractivity contribution in [1.29, 1.82) is 0 Å². The second-order valence-corrected chi connectivity index (χ2v) is 12.6. The number of alkyl carbamates (subject to hydrolysis) is 1. The maximum Gasteiger partial charge on any atom is 0.407 e. The molecule has 8 nitrogen and oxygen atoms in total. The standard InChI is InChI=1S/C30H47N3O5/c1-19-7-5-6-8-22(19)25(33-18-30(2,3)26-13-20(15-35-4)9-11-31-26)10-12-32-29(34)38-27-21-14-23-24(27)17-37-28(23)36-16-21/h5-8,20-21,23-28,31,33H,9-18H2,1-4H3,(H,32,34). The van der Waals surface area contributed by atoms with Gasteiger partial charge in [0.1, 0.15) is 6.10 Å². The Bertz CT molecular complexity index is 940. The second-order valence-electron chi connectivity index (χ2n) is 12.6. The summed E-state index contributed by atoms with van der Waals surface area (Å²) in [5, 5.41) is 10.7. The molecule has 0 spiro atoms. The number of aryl methyl sites for hydroxylation is 1. The van der Waals surface area contributed by atoms with E-state index < -0.39 is 0 Å². The summed E-state index contributed by atoms with van der Waals surface area (Å²) in [6.07, 6.45) is 3.58. The predicted octanol–water partition coefficient (Wildman–Crippen LogP) is 3.79. The number of ether oxygens (including phenoxy) is 4. The van der Waals surface area contributed by atoms with Gasteiger partial charge in [0.2, 0.25) is 0 Å². The number of hydrogen-bond acceptors (Lipinski definition) is 7. The van der Waals surface area contributed by atoms with E-state index in [2.05, 4.69) is 61.0 Å². The molecular weight excluding hydrogens is 482 g/mol. The summed E-state index contributed by atoms with van der Waals surface area (Å²) < 4.78 is 23.0. The van der Waals surface area contributed by atoms with Gasteiger partial charge in [-0.05, 0) is 61.6 Å². The molecule has 212 valence electrons. The van der Waals surface area contributed by atoms with Crippen LogP contribution in [0.2, 0.25) is 0 Å². The highest BCUT2D eigenvalue weighted by Gasteiger charge is 2.56. The normalized spacial score (nSPS) is 33.2. The van der Waals surface area contributed by atoms with Crippen LogP contribution in [0.4, 0.5) is 4.79 Å². The van der Waals surface area contributed by atoms with Crippen molar-refractivity contribution >= 4 is 6.09 Å². The van der Waals surface area contributed by atoms with Gasteiger partial charge in [-0.2, -0.15) is 0 Å². The topological polar surface area (TPSA) is 90.1 Å². The third-order valence-corrected chi connectivity index (χ3v) is 9.46. The zero-order valence-corrected chi connectivity index (χ0v) is 23.5. The van der Waals surface area contributed by atoms with Crippen LogP contribution in [0.1, 0.15) is 56.7 Å². The van der Waals surface area contributed by atoms with Crippen molar-refractivity contribution in [2.45, 2.75) is 70.9 Å². The molecule has 3 N–H and O–H groups in total. The summed E-state index contributed by atoms with van der Waals surface area (Å²) in [5.74, 6) is 1.53. The number of piperidine rings is 1. The smallest absolute Gasteiger partial charge is 0.407 e. The van der Waals surface area contributed by atoms with Crippen LogP contribution in [0.5, 0.6) is 0 Å². The fraction of sp³-hybridized carbons (Fsp3) is 0.767. The molecule has 8 atom stereocenters. The van der Waals surface area contributed by atoms with Crippen molar-refractivity contribution < 1.29 is 23.7 Å². The van der Waals surface area contributed by atoms with Crippen LogP contribution in [0.25, 0.3) is 0 Å². The first kappa shape index (κ1) is 27.8. The van der Waals surface area contributed by atoms with Crippen molar-refractivity contribution in [2.24, 2.45) is 29.1 Å². The van der Waals surface area contributed by atoms with E-state index in [-0.39, 0.29) is 41.8 Å².